The van der Waals surface area contributed by atoms with E-state index < -0.39 is 5.97 Å². The lowest BCUT2D eigenvalue weighted by Gasteiger charge is -2.25. The average molecular weight is 453 g/mol. The van der Waals surface area contributed by atoms with Gasteiger partial charge in [0.05, 0.1) is 5.56 Å². The second kappa shape index (κ2) is 9.44. The molecule has 0 spiro atoms. The fourth-order valence-electron chi connectivity index (χ4n) is 4.42. The average Bonchev–Trinajstić information content (AvgIpc) is 2.86. The van der Waals surface area contributed by atoms with Crippen molar-refractivity contribution in [2.45, 2.75) is 34.1 Å². The lowest BCUT2D eigenvalue weighted by Crippen LogP contribution is -2.19. The second-order valence-electron chi connectivity index (χ2n) is 7.95. The Kier molecular flexibility index (Phi) is 6.42. The number of carboxylic acids is 1. The minimum atomic E-state index is -0.987. The van der Waals surface area contributed by atoms with Crippen LogP contribution in [-0.2, 0) is 0 Å². The molecule has 1 aliphatic rings. The molecule has 2 N–H and O–H groups in total. The Morgan fingerprint density at radius 3 is 2.44 bits per heavy atom. The molecule has 0 aliphatic carbocycles. The molecule has 4 heteroatoms. The number of aromatic hydroxyl groups is 1. The molecule has 0 aromatic heterocycles. The van der Waals surface area contributed by atoms with Crippen molar-refractivity contribution in [2.75, 3.05) is 0 Å². The summed E-state index contributed by atoms with van der Waals surface area (Å²) in [7, 11) is 0. The fraction of sp³-hybridized carbons (Fsp3) is 0.167. The quantitative estimate of drug-likeness (QED) is 0.346. The number of phenolic OH excluding ortho intramolecular Hbond substituents is 1. The first kappa shape index (κ1) is 23.1. The zero-order chi connectivity index (χ0) is 24.4. The van der Waals surface area contributed by atoms with Crippen molar-refractivity contribution >= 4 is 28.4 Å². The molecule has 4 aromatic carbocycles. The highest BCUT2D eigenvalue weighted by molar-refractivity contribution is 6.00. The Bertz CT molecular complexity index is 1530. The molecule has 0 atom stereocenters. The number of fused-ring (bicyclic) bond motifs is 4. The standard InChI is InChI=1S/C28H22O4.C2H6/c1-3-6-17-9-11-19-18(15-17)10-12-23-25(20-7-4-5-8-21(20)28(30)31)22-13-14-24(29)16(2)26(22)32-27(19)23;1-2/h4-15,29H,3H2,1-2H3,(H,30,31);1-2H3/b17-6+;. The highest BCUT2D eigenvalue weighted by atomic mass is 16.5. The summed E-state index contributed by atoms with van der Waals surface area (Å²) in [5, 5.41) is 24.2. The molecule has 34 heavy (non-hydrogen) atoms. The van der Waals surface area contributed by atoms with E-state index in [1.807, 2.05) is 44.2 Å². The van der Waals surface area contributed by atoms with E-state index in [0.29, 0.717) is 22.6 Å². The first-order valence-corrected chi connectivity index (χ1v) is 11.6. The van der Waals surface area contributed by atoms with E-state index in [4.69, 9.17) is 4.74 Å². The Balaban J connectivity index is 0.00000133. The maximum Gasteiger partial charge on any atom is 0.336 e. The number of ether oxygens (including phenoxy) is 1. The number of hydrogen-bond donors (Lipinski definition) is 2. The Hall–Kier alpha value is -4.05. The fourth-order valence-corrected chi connectivity index (χ4v) is 4.42. The zero-order valence-electron chi connectivity index (χ0n) is 19.8. The Morgan fingerprint density at radius 1 is 0.941 bits per heavy atom. The summed E-state index contributed by atoms with van der Waals surface area (Å²) in [5.74, 6) is 0.364. The number of hydrogen-bond acceptors (Lipinski definition) is 3. The first-order chi connectivity index (χ1) is 16.5. The third-order valence-electron chi connectivity index (χ3n) is 5.98. The molecule has 0 saturated carbocycles. The first-order valence-electron chi connectivity index (χ1n) is 11.6. The normalized spacial score (nSPS) is 12.4. The van der Waals surface area contributed by atoms with E-state index in [-0.39, 0.29) is 11.3 Å². The summed E-state index contributed by atoms with van der Waals surface area (Å²) in [6, 6.07) is 20.7. The predicted octanol–water partition coefficient (Wildman–Crippen LogP) is 6.12. The van der Waals surface area contributed by atoms with E-state index in [0.717, 1.165) is 38.8 Å². The van der Waals surface area contributed by atoms with Gasteiger partial charge in [0.1, 0.15) is 17.2 Å². The molecule has 4 nitrogen and oxygen atoms in total. The minimum Gasteiger partial charge on any atom is -0.508 e. The second-order valence-corrected chi connectivity index (χ2v) is 7.95. The number of carboxylic acid groups (broad SMARTS) is 1. The van der Waals surface area contributed by atoms with Crippen LogP contribution >= 0.6 is 0 Å². The molecular weight excluding hydrogens is 424 g/mol. The summed E-state index contributed by atoms with van der Waals surface area (Å²) in [6.07, 6.45) is 3.11. The van der Waals surface area contributed by atoms with Gasteiger partial charge in [-0.05, 0) is 59.8 Å². The van der Waals surface area contributed by atoms with Crippen LogP contribution in [0.3, 0.4) is 0 Å². The van der Waals surface area contributed by atoms with Crippen molar-refractivity contribution in [1.29, 1.82) is 0 Å². The van der Waals surface area contributed by atoms with Crippen molar-refractivity contribution in [3.8, 4) is 17.2 Å². The van der Waals surface area contributed by atoms with Gasteiger partial charge in [-0.2, -0.15) is 0 Å². The molecule has 0 amide bonds. The van der Waals surface area contributed by atoms with Gasteiger partial charge >= 0.3 is 5.97 Å². The lowest BCUT2D eigenvalue weighted by molar-refractivity contribution is 0.0696. The van der Waals surface area contributed by atoms with Crippen LogP contribution in [0.1, 0.15) is 54.2 Å². The van der Waals surface area contributed by atoms with Crippen LogP contribution in [-0.4, -0.2) is 16.2 Å². The van der Waals surface area contributed by atoms with Crippen molar-refractivity contribution in [1.82, 2.24) is 0 Å². The van der Waals surface area contributed by atoms with Crippen LogP contribution < -0.4 is 15.2 Å². The molecule has 4 aromatic rings. The maximum atomic E-state index is 12.0. The van der Waals surface area contributed by atoms with E-state index in [2.05, 4.69) is 25.1 Å². The van der Waals surface area contributed by atoms with Crippen molar-refractivity contribution in [2.24, 2.45) is 0 Å². The summed E-state index contributed by atoms with van der Waals surface area (Å²) >= 11 is 0. The molecule has 5 rings (SSSR count). The van der Waals surface area contributed by atoms with Crippen LogP contribution in [0.4, 0.5) is 0 Å². The number of rotatable bonds is 3. The van der Waals surface area contributed by atoms with Crippen LogP contribution in [0.15, 0.2) is 66.7 Å². The van der Waals surface area contributed by atoms with Crippen LogP contribution in [0.5, 0.6) is 17.2 Å². The molecule has 1 heterocycles. The number of carbonyl (C=O) groups is 1. The van der Waals surface area contributed by atoms with Gasteiger partial charge in [-0.1, -0.05) is 63.2 Å². The monoisotopic (exact) mass is 452 g/mol. The molecule has 1 aliphatic heterocycles. The Morgan fingerprint density at radius 2 is 1.71 bits per heavy atom. The Labute approximate surface area is 199 Å². The number of benzene rings is 4. The molecule has 0 bridgehead atoms. The summed E-state index contributed by atoms with van der Waals surface area (Å²) < 4.78 is 6.42. The van der Waals surface area contributed by atoms with Gasteiger partial charge in [0.25, 0.3) is 0 Å². The van der Waals surface area contributed by atoms with Crippen LogP contribution in [0, 0.1) is 6.92 Å². The summed E-state index contributed by atoms with van der Waals surface area (Å²) in [4.78, 5) is 12.0. The topological polar surface area (TPSA) is 66.8 Å². The van der Waals surface area contributed by atoms with Crippen molar-refractivity contribution in [3.05, 3.63) is 99.4 Å². The van der Waals surface area contributed by atoms with Gasteiger partial charge in [0.2, 0.25) is 0 Å². The third-order valence-corrected chi connectivity index (χ3v) is 5.98. The zero-order valence-corrected chi connectivity index (χ0v) is 19.8. The summed E-state index contributed by atoms with van der Waals surface area (Å²) in [6.45, 7) is 7.91. The molecule has 0 unspecified atom stereocenters. The van der Waals surface area contributed by atoms with E-state index in [1.165, 1.54) is 0 Å². The molecule has 0 fully saturated rings. The van der Waals surface area contributed by atoms with Gasteiger partial charge in [-0.15, -0.1) is 0 Å². The smallest absolute Gasteiger partial charge is 0.336 e. The van der Waals surface area contributed by atoms with Gasteiger partial charge in [0.15, 0.2) is 0 Å². The van der Waals surface area contributed by atoms with E-state index >= 15 is 0 Å². The number of aromatic carboxylic acids is 1. The van der Waals surface area contributed by atoms with Crippen molar-refractivity contribution < 1.29 is 19.7 Å². The van der Waals surface area contributed by atoms with Crippen molar-refractivity contribution in [3.63, 3.8) is 0 Å². The SMILES string of the molecule is CC.CC/C=c1\ccc2c3c(ccc2c1)=C(c1ccccc1C(=O)O)c1ccc(O)c(C)c1O3. The van der Waals surface area contributed by atoms with Gasteiger partial charge < -0.3 is 14.9 Å². The molecule has 0 radical (unpaired) electrons. The van der Waals surface area contributed by atoms with Gasteiger partial charge in [0, 0.05) is 27.3 Å². The van der Waals surface area contributed by atoms with E-state index in [9.17, 15) is 15.0 Å². The lowest BCUT2D eigenvalue weighted by atomic mass is 9.88. The van der Waals surface area contributed by atoms with Gasteiger partial charge in [-0.25, -0.2) is 4.79 Å². The minimum absolute atomic E-state index is 0.137. The summed E-state index contributed by atoms with van der Waals surface area (Å²) in [5.41, 5.74) is 3.00. The highest BCUT2D eigenvalue weighted by Crippen LogP contribution is 2.43. The molecule has 0 saturated heterocycles. The van der Waals surface area contributed by atoms with Gasteiger partial charge in [-0.3, -0.25) is 0 Å². The third kappa shape index (κ3) is 3.81. The molecular formula is C30H28O4. The maximum absolute atomic E-state index is 12.0. The van der Waals surface area contributed by atoms with Crippen LogP contribution in [0.25, 0.3) is 22.4 Å². The van der Waals surface area contributed by atoms with Crippen LogP contribution in [0.2, 0.25) is 0 Å². The molecule has 172 valence electrons. The largest absolute Gasteiger partial charge is 0.508 e. The highest BCUT2D eigenvalue weighted by Gasteiger charge is 2.26. The predicted molar refractivity (Wildman–Crippen MR) is 137 cm³/mol. The van der Waals surface area contributed by atoms with E-state index in [1.54, 1.807) is 31.2 Å². The number of phenols is 1.